The number of carbonyl (C=O) groups excluding carboxylic acids is 1. The number of piperidine rings is 1. The van der Waals surface area contributed by atoms with Gasteiger partial charge in [-0.1, -0.05) is 11.6 Å². The lowest BCUT2D eigenvalue weighted by Gasteiger charge is -2.34. The molecule has 1 heterocycles. The number of nitrogens with two attached hydrogens (primary N) is 1. The highest BCUT2D eigenvalue weighted by Crippen LogP contribution is 2.24. The Hall–Kier alpha value is -1.30. The third-order valence-corrected chi connectivity index (χ3v) is 4.30. The van der Waals surface area contributed by atoms with E-state index < -0.39 is 0 Å². The van der Waals surface area contributed by atoms with Crippen molar-refractivity contribution in [2.45, 2.75) is 18.9 Å². The Bertz CT molecular complexity index is 500. The highest BCUT2D eigenvalue weighted by molar-refractivity contribution is 6.33. The van der Waals surface area contributed by atoms with Crippen LogP contribution in [-0.2, 0) is 4.79 Å². The average molecular weight is 311 g/mol. The topological polar surface area (TPSA) is 61.6 Å². The van der Waals surface area contributed by atoms with Crippen LogP contribution in [0.15, 0.2) is 18.2 Å². The van der Waals surface area contributed by atoms with E-state index in [4.69, 9.17) is 17.3 Å². The van der Waals surface area contributed by atoms with E-state index in [1.54, 1.807) is 18.2 Å². The van der Waals surface area contributed by atoms with Crippen LogP contribution in [0.5, 0.6) is 0 Å². The van der Waals surface area contributed by atoms with E-state index in [1.807, 2.05) is 7.05 Å². The number of carbonyl (C=O) groups is 1. The van der Waals surface area contributed by atoms with Crippen LogP contribution in [0.3, 0.4) is 0 Å². The van der Waals surface area contributed by atoms with Crippen molar-refractivity contribution in [3.05, 3.63) is 23.2 Å². The first-order valence-corrected chi connectivity index (χ1v) is 7.57. The first-order chi connectivity index (χ1) is 9.95. The summed E-state index contributed by atoms with van der Waals surface area (Å²) >= 11 is 6.05. The zero-order chi connectivity index (χ0) is 15.4. The van der Waals surface area contributed by atoms with Gasteiger partial charge in [0, 0.05) is 11.7 Å². The minimum absolute atomic E-state index is 0.0658. The average Bonchev–Trinajstić information content (AvgIpc) is 2.43. The molecule has 1 amide bonds. The van der Waals surface area contributed by atoms with Crippen LogP contribution in [0.25, 0.3) is 0 Å². The maximum atomic E-state index is 12.1. The first kappa shape index (κ1) is 16.1. The lowest BCUT2D eigenvalue weighted by Crippen LogP contribution is -2.44. The van der Waals surface area contributed by atoms with Crippen LogP contribution < -0.4 is 11.1 Å². The van der Waals surface area contributed by atoms with Crippen molar-refractivity contribution in [3.63, 3.8) is 0 Å². The lowest BCUT2D eigenvalue weighted by molar-refractivity contribution is -0.117. The second-order valence-corrected chi connectivity index (χ2v) is 6.14. The lowest BCUT2D eigenvalue weighted by atomic mass is 10.0. The summed E-state index contributed by atoms with van der Waals surface area (Å²) in [7, 11) is 4.13. The first-order valence-electron chi connectivity index (χ1n) is 7.19. The summed E-state index contributed by atoms with van der Waals surface area (Å²) in [5.41, 5.74) is 6.86. The van der Waals surface area contributed by atoms with Gasteiger partial charge in [-0.15, -0.1) is 0 Å². The second kappa shape index (κ2) is 7.11. The fraction of sp³-hybridized carbons (Fsp3) is 0.533. The summed E-state index contributed by atoms with van der Waals surface area (Å²) in [6.07, 6.45) is 2.19. The number of nitrogens with zero attached hydrogens (tertiary/aromatic N) is 2. The maximum absolute atomic E-state index is 12.1. The van der Waals surface area contributed by atoms with Gasteiger partial charge in [0.2, 0.25) is 5.91 Å². The van der Waals surface area contributed by atoms with Crippen LogP contribution in [0, 0.1) is 0 Å². The van der Waals surface area contributed by atoms with E-state index in [1.165, 1.54) is 0 Å². The number of anilines is 2. The molecular weight excluding hydrogens is 288 g/mol. The minimum Gasteiger partial charge on any atom is -0.399 e. The molecule has 6 heteroatoms. The fourth-order valence-corrected chi connectivity index (χ4v) is 2.78. The van der Waals surface area contributed by atoms with Gasteiger partial charge in [0.15, 0.2) is 0 Å². The number of hydrogen-bond donors (Lipinski definition) is 2. The predicted molar refractivity (Wildman–Crippen MR) is 87.6 cm³/mol. The van der Waals surface area contributed by atoms with E-state index in [2.05, 4.69) is 22.2 Å². The van der Waals surface area contributed by atoms with Gasteiger partial charge in [0.05, 0.1) is 17.3 Å². The van der Waals surface area contributed by atoms with Crippen LogP contribution >= 0.6 is 11.6 Å². The quantitative estimate of drug-likeness (QED) is 0.834. The molecule has 0 aliphatic carbocycles. The van der Waals surface area contributed by atoms with E-state index >= 15 is 0 Å². The number of nitrogen functional groups attached to an aromatic ring is 1. The molecular formula is C15H23ClN4O. The van der Waals surface area contributed by atoms with Gasteiger partial charge in [-0.2, -0.15) is 0 Å². The summed E-state index contributed by atoms with van der Waals surface area (Å²) < 4.78 is 0. The molecule has 0 bridgehead atoms. The molecule has 1 saturated heterocycles. The van der Waals surface area contributed by atoms with Crippen molar-refractivity contribution in [1.29, 1.82) is 0 Å². The molecule has 1 fully saturated rings. The van der Waals surface area contributed by atoms with Gasteiger partial charge >= 0.3 is 0 Å². The Labute approximate surface area is 131 Å². The van der Waals surface area contributed by atoms with Gasteiger partial charge in [0.25, 0.3) is 0 Å². The van der Waals surface area contributed by atoms with Crippen molar-refractivity contribution in [2.75, 3.05) is 44.8 Å². The molecule has 0 saturated carbocycles. The van der Waals surface area contributed by atoms with E-state index in [9.17, 15) is 4.79 Å². The molecule has 0 aromatic heterocycles. The van der Waals surface area contributed by atoms with Crippen molar-refractivity contribution in [2.24, 2.45) is 0 Å². The Kier molecular flexibility index (Phi) is 5.45. The number of hydrogen-bond acceptors (Lipinski definition) is 4. The molecule has 21 heavy (non-hydrogen) atoms. The van der Waals surface area contributed by atoms with Gasteiger partial charge in [-0.25, -0.2) is 0 Å². The number of rotatable bonds is 4. The van der Waals surface area contributed by atoms with E-state index in [0.29, 0.717) is 29.0 Å². The molecule has 0 unspecified atom stereocenters. The molecule has 1 aromatic carbocycles. The number of likely N-dealkylation sites (N-methyl/N-ethyl adjacent to an activating group) is 1. The molecule has 0 atom stereocenters. The third-order valence-electron chi connectivity index (χ3n) is 3.97. The fourth-order valence-electron chi connectivity index (χ4n) is 2.62. The normalized spacial score (nSPS) is 17.1. The van der Waals surface area contributed by atoms with Crippen molar-refractivity contribution >= 4 is 28.9 Å². The number of nitrogens with one attached hydrogen (secondary N) is 1. The predicted octanol–water partition coefficient (Wildman–Crippen LogP) is 1.89. The van der Waals surface area contributed by atoms with Gasteiger partial charge in [-0.3, -0.25) is 9.69 Å². The summed E-state index contributed by atoms with van der Waals surface area (Å²) in [5, 5.41) is 3.33. The number of amides is 1. The molecule has 2 rings (SSSR count). The van der Waals surface area contributed by atoms with Crippen LogP contribution in [-0.4, -0.2) is 55.5 Å². The standard InChI is InChI=1S/C15H23ClN4O/c1-19-7-5-12(6-8-19)20(2)10-15(21)18-14-9-11(17)3-4-13(14)16/h3-4,9,12H,5-8,10,17H2,1-2H3,(H,18,21). The molecule has 5 nitrogen and oxygen atoms in total. The summed E-state index contributed by atoms with van der Waals surface area (Å²) in [6.45, 7) is 2.52. The SMILES string of the molecule is CN1CCC(N(C)CC(=O)Nc2cc(N)ccc2Cl)CC1. The summed E-state index contributed by atoms with van der Waals surface area (Å²) in [5.74, 6) is -0.0658. The summed E-state index contributed by atoms with van der Waals surface area (Å²) in [4.78, 5) is 16.6. The van der Waals surface area contributed by atoms with Crippen molar-refractivity contribution in [1.82, 2.24) is 9.80 Å². The van der Waals surface area contributed by atoms with Gasteiger partial charge in [0.1, 0.15) is 0 Å². The molecule has 1 aromatic rings. The third kappa shape index (κ3) is 4.59. The monoisotopic (exact) mass is 310 g/mol. The van der Waals surface area contributed by atoms with Crippen LogP contribution in [0.2, 0.25) is 5.02 Å². The van der Waals surface area contributed by atoms with Gasteiger partial charge in [-0.05, 0) is 58.2 Å². The molecule has 1 aliphatic rings. The maximum Gasteiger partial charge on any atom is 0.238 e. The Morgan fingerprint density at radius 3 is 2.81 bits per heavy atom. The van der Waals surface area contributed by atoms with Crippen LogP contribution in [0.4, 0.5) is 11.4 Å². The van der Waals surface area contributed by atoms with Gasteiger partial charge < -0.3 is 16.0 Å². The number of benzene rings is 1. The highest BCUT2D eigenvalue weighted by atomic mass is 35.5. The number of likely N-dealkylation sites (tertiary alicyclic amines) is 1. The number of halogens is 1. The molecule has 0 radical (unpaired) electrons. The Morgan fingerprint density at radius 2 is 2.14 bits per heavy atom. The van der Waals surface area contributed by atoms with E-state index in [0.717, 1.165) is 25.9 Å². The van der Waals surface area contributed by atoms with E-state index in [-0.39, 0.29) is 5.91 Å². The van der Waals surface area contributed by atoms with Crippen LogP contribution in [0.1, 0.15) is 12.8 Å². The summed E-state index contributed by atoms with van der Waals surface area (Å²) in [6, 6.07) is 5.54. The zero-order valence-corrected chi connectivity index (χ0v) is 13.4. The Morgan fingerprint density at radius 1 is 1.48 bits per heavy atom. The Balaban J connectivity index is 1.88. The molecule has 116 valence electrons. The second-order valence-electron chi connectivity index (χ2n) is 5.74. The molecule has 3 N–H and O–H groups in total. The molecule has 0 spiro atoms. The van der Waals surface area contributed by atoms with Crippen molar-refractivity contribution in [3.8, 4) is 0 Å². The zero-order valence-electron chi connectivity index (χ0n) is 12.6. The largest absolute Gasteiger partial charge is 0.399 e. The molecule has 1 aliphatic heterocycles. The minimum atomic E-state index is -0.0658. The highest BCUT2D eigenvalue weighted by Gasteiger charge is 2.22. The van der Waals surface area contributed by atoms with Crippen molar-refractivity contribution < 1.29 is 4.79 Å². The smallest absolute Gasteiger partial charge is 0.238 e.